The number of aromatic nitrogens is 2. The van der Waals surface area contributed by atoms with Gasteiger partial charge in [-0.25, -0.2) is 4.79 Å². The predicted octanol–water partition coefficient (Wildman–Crippen LogP) is 2.95. The summed E-state index contributed by atoms with van der Waals surface area (Å²) in [6.45, 7) is 7.69. The van der Waals surface area contributed by atoms with Gasteiger partial charge in [0, 0.05) is 24.6 Å². The molecule has 33 heavy (non-hydrogen) atoms. The van der Waals surface area contributed by atoms with Crippen LogP contribution in [0.25, 0.3) is 0 Å². The number of halogens is 2. The number of hydrogen-bond donors (Lipinski definition) is 2. The van der Waals surface area contributed by atoms with Crippen molar-refractivity contribution in [2.24, 2.45) is 11.8 Å². The highest BCUT2D eigenvalue weighted by Crippen LogP contribution is 2.23. The van der Waals surface area contributed by atoms with Crippen molar-refractivity contribution in [1.82, 2.24) is 14.5 Å². The number of aromatic amines is 1. The van der Waals surface area contributed by atoms with E-state index >= 15 is 0 Å². The number of nitrogens with two attached hydrogens (primary N) is 1. The average molecular weight is 543 g/mol. The Bertz CT molecular complexity index is 1160. The third kappa shape index (κ3) is 6.48. The molecule has 0 saturated carbocycles. The number of anilines is 2. The highest BCUT2D eigenvalue weighted by atomic mass is 79.9. The molecule has 0 unspecified atom stereocenters. The fourth-order valence-electron chi connectivity index (χ4n) is 3.29. The molecule has 2 rings (SSSR count). The number of rotatable bonds is 8. The Kier molecular flexibility index (Phi) is 8.90. The largest absolute Gasteiger partial charge is 0.383 e. The summed E-state index contributed by atoms with van der Waals surface area (Å²) in [5, 5.41) is 0.253. The third-order valence-electron chi connectivity index (χ3n) is 4.76. The second kappa shape index (κ2) is 11.0. The van der Waals surface area contributed by atoms with Crippen molar-refractivity contribution in [3.63, 3.8) is 0 Å². The van der Waals surface area contributed by atoms with E-state index in [4.69, 9.17) is 17.3 Å². The average Bonchev–Trinajstić information content (AvgIpc) is 2.70. The van der Waals surface area contributed by atoms with E-state index in [1.165, 1.54) is 21.4 Å². The van der Waals surface area contributed by atoms with E-state index in [9.17, 15) is 19.2 Å². The second-order valence-electron chi connectivity index (χ2n) is 8.68. The number of H-pyrrole nitrogens is 1. The van der Waals surface area contributed by atoms with Crippen molar-refractivity contribution >= 4 is 50.9 Å². The van der Waals surface area contributed by atoms with Gasteiger partial charge in [0.25, 0.3) is 11.5 Å². The van der Waals surface area contributed by atoms with E-state index in [-0.39, 0.29) is 53.6 Å². The number of nitrogens with zero attached hydrogens (tertiary/aromatic N) is 3. The van der Waals surface area contributed by atoms with Gasteiger partial charge in [-0.2, -0.15) is 0 Å². The molecule has 2 amide bonds. The molecule has 2 aromatic rings. The lowest BCUT2D eigenvalue weighted by Crippen LogP contribution is -2.47. The van der Waals surface area contributed by atoms with Crippen molar-refractivity contribution in [3.05, 3.63) is 54.1 Å². The lowest BCUT2D eigenvalue weighted by atomic mass is 10.1. The summed E-state index contributed by atoms with van der Waals surface area (Å²) in [4.78, 5) is 55.9. The lowest BCUT2D eigenvalue weighted by molar-refractivity contribution is -0.119. The van der Waals surface area contributed by atoms with Crippen LogP contribution < -0.4 is 21.9 Å². The molecule has 0 aliphatic rings. The first-order chi connectivity index (χ1) is 15.3. The second-order valence-corrected chi connectivity index (χ2v) is 10.0. The summed E-state index contributed by atoms with van der Waals surface area (Å²) >= 11 is 9.46. The summed E-state index contributed by atoms with van der Waals surface area (Å²) in [6, 6.07) is 4.86. The Hall–Kier alpha value is -2.59. The van der Waals surface area contributed by atoms with Crippen molar-refractivity contribution < 1.29 is 9.59 Å². The van der Waals surface area contributed by atoms with Crippen LogP contribution in [0.1, 0.15) is 38.1 Å². The first-order valence-corrected chi connectivity index (χ1v) is 11.6. The third-order valence-corrected chi connectivity index (χ3v) is 5.58. The van der Waals surface area contributed by atoms with Crippen LogP contribution in [0.2, 0.25) is 5.02 Å². The van der Waals surface area contributed by atoms with Crippen molar-refractivity contribution in [3.8, 4) is 0 Å². The van der Waals surface area contributed by atoms with E-state index < -0.39 is 23.1 Å². The van der Waals surface area contributed by atoms with Crippen LogP contribution in [-0.2, 0) is 11.3 Å². The zero-order chi connectivity index (χ0) is 25.0. The van der Waals surface area contributed by atoms with Gasteiger partial charge in [0.15, 0.2) is 5.69 Å². The predicted molar refractivity (Wildman–Crippen MR) is 134 cm³/mol. The van der Waals surface area contributed by atoms with Crippen molar-refractivity contribution in [2.45, 2.75) is 34.2 Å². The molecule has 0 spiro atoms. The van der Waals surface area contributed by atoms with E-state index in [0.29, 0.717) is 4.47 Å². The van der Waals surface area contributed by atoms with Crippen LogP contribution >= 0.6 is 27.5 Å². The van der Waals surface area contributed by atoms with Crippen molar-refractivity contribution in [2.75, 3.05) is 30.8 Å². The monoisotopic (exact) mass is 541 g/mol. The Morgan fingerprint density at radius 1 is 1.18 bits per heavy atom. The van der Waals surface area contributed by atoms with Gasteiger partial charge in [-0.15, -0.1) is 0 Å². The fraction of sp³-hybridized carbons (Fsp3) is 0.455. The van der Waals surface area contributed by atoms with Crippen LogP contribution in [0.4, 0.5) is 11.5 Å². The zero-order valence-electron chi connectivity index (χ0n) is 19.3. The van der Waals surface area contributed by atoms with Gasteiger partial charge in [0.1, 0.15) is 12.4 Å². The molecule has 0 fully saturated rings. The van der Waals surface area contributed by atoms with Crippen molar-refractivity contribution in [1.29, 1.82) is 0 Å². The quantitative estimate of drug-likeness (QED) is 0.531. The molecule has 3 N–H and O–H groups in total. The van der Waals surface area contributed by atoms with Crippen LogP contribution in [0.5, 0.6) is 0 Å². The number of amides is 2. The summed E-state index contributed by atoms with van der Waals surface area (Å²) in [7, 11) is 1.47. The maximum atomic E-state index is 13.3. The van der Waals surface area contributed by atoms with E-state index in [2.05, 4.69) is 20.9 Å². The molecular formula is C22H29BrClN5O4. The summed E-state index contributed by atoms with van der Waals surface area (Å²) in [5.41, 5.74) is 4.96. The summed E-state index contributed by atoms with van der Waals surface area (Å²) in [6.07, 6.45) is 0. The number of nitrogens with one attached hydrogen (secondary N) is 1. The Balaban J connectivity index is 2.44. The van der Waals surface area contributed by atoms with Crippen LogP contribution in [-0.4, -0.2) is 46.4 Å². The molecule has 9 nitrogen and oxygen atoms in total. The van der Waals surface area contributed by atoms with Gasteiger partial charge in [-0.3, -0.25) is 23.9 Å². The fourth-order valence-corrected chi connectivity index (χ4v) is 3.85. The molecule has 1 heterocycles. The molecule has 0 atom stereocenters. The maximum Gasteiger partial charge on any atom is 0.330 e. The van der Waals surface area contributed by atoms with Gasteiger partial charge in [-0.1, -0.05) is 55.2 Å². The topological polar surface area (TPSA) is 121 Å². The molecule has 1 aromatic carbocycles. The van der Waals surface area contributed by atoms with E-state index in [1.54, 1.807) is 18.2 Å². The van der Waals surface area contributed by atoms with Gasteiger partial charge >= 0.3 is 5.69 Å². The number of carbonyl (C=O) groups is 2. The number of hydrogen-bond acceptors (Lipinski definition) is 5. The Morgan fingerprint density at radius 2 is 1.82 bits per heavy atom. The summed E-state index contributed by atoms with van der Waals surface area (Å²) in [5.74, 6) is -0.991. The number of benzene rings is 1. The molecule has 180 valence electrons. The standard InChI is InChI=1S/C22H29BrClN5O4/c1-12(2)9-28(18-19(25)29(10-13(3)4)22(33)26-20(18)31)17(30)11-27(5)21(32)15-8-14(23)6-7-16(15)24/h6-8,12-13H,9-11,25H2,1-5H3,(H,26,31,33). The normalized spacial score (nSPS) is 11.2. The molecular weight excluding hydrogens is 514 g/mol. The SMILES string of the molecule is CC(C)CN(C(=O)CN(C)C(=O)c1cc(Br)ccc1Cl)c1c(N)n(CC(C)C)c(=O)[nH]c1=O. The molecule has 0 bridgehead atoms. The highest BCUT2D eigenvalue weighted by molar-refractivity contribution is 9.10. The molecule has 0 aliphatic carbocycles. The zero-order valence-corrected chi connectivity index (χ0v) is 21.7. The van der Waals surface area contributed by atoms with Gasteiger partial charge in [0.2, 0.25) is 5.91 Å². The first kappa shape index (κ1) is 26.7. The van der Waals surface area contributed by atoms with E-state index in [0.717, 1.165) is 0 Å². The van der Waals surface area contributed by atoms with Gasteiger partial charge < -0.3 is 15.5 Å². The lowest BCUT2D eigenvalue weighted by Gasteiger charge is -2.28. The van der Waals surface area contributed by atoms with Crippen LogP contribution in [0.15, 0.2) is 32.3 Å². The molecule has 1 aromatic heterocycles. The molecule has 0 aliphatic heterocycles. The Labute approximate surface area is 205 Å². The smallest absolute Gasteiger partial charge is 0.330 e. The van der Waals surface area contributed by atoms with Gasteiger partial charge in [-0.05, 0) is 30.0 Å². The minimum atomic E-state index is -0.754. The number of carbonyl (C=O) groups excluding carboxylic acids is 2. The molecule has 0 saturated heterocycles. The Morgan fingerprint density at radius 3 is 2.39 bits per heavy atom. The number of nitrogen functional groups attached to an aromatic ring is 1. The molecule has 11 heteroatoms. The van der Waals surface area contributed by atoms with Crippen LogP contribution in [0, 0.1) is 11.8 Å². The number of likely N-dealkylation sites (N-methyl/N-ethyl adjacent to an activating group) is 1. The maximum absolute atomic E-state index is 13.3. The summed E-state index contributed by atoms with van der Waals surface area (Å²) < 4.78 is 1.92. The highest BCUT2D eigenvalue weighted by Gasteiger charge is 2.27. The van der Waals surface area contributed by atoms with Crippen LogP contribution in [0.3, 0.4) is 0 Å². The van der Waals surface area contributed by atoms with E-state index in [1.807, 2.05) is 27.7 Å². The van der Waals surface area contributed by atoms with Gasteiger partial charge in [0.05, 0.1) is 10.6 Å². The minimum absolute atomic E-state index is 0.0150. The molecule has 0 radical (unpaired) electrons. The minimum Gasteiger partial charge on any atom is -0.383 e. The first-order valence-electron chi connectivity index (χ1n) is 10.5.